The van der Waals surface area contributed by atoms with Crippen molar-refractivity contribution in [3.05, 3.63) is 22.8 Å². The first-order valence-corrected chi connectivity index (χ1v) is 6.81. The molecule has 18 heavy (non-hydrogen) atoms. The summed E-state index contributed by atoms with van der Waals surface area (Å²) in [5.41, 5.74) is 1.10. The molecule has 5 heteroatoms. The van der Waals surface area contributed by atoms with Crippen molar-refractivity contribution in [1.82, 2.24) is 15.6 Å². The van der Waals surface area contributed by atoms with Crippen LogP contribution in [-0.2, 0) is 6.42 Å². The van der Waals surface area contributed by atoms with Crippen molar-refractivity contribution in [1.29, 1.82) is 0 Å². The summed E-state index contributed by atoms with van der Waals surface area (Å²) in [7, 11) is 1.63. The molecule has 1 aliphatic rings. The van der Waals surface area contributed by atoms with Gasteiger partial charge in [0.2, 0.25) is 5.88 Å². The molecule has 0 unspecified atom stereocenters. The first-order valence-electron chi connectivity index (χ1n) is 6.43. The Morgan fingerprint density at radius 2 is 2.22 bits per heavy atom. The predicted octanol–water partition coefficient (Wildman–Crippen LogP) is 1.63. The fourth-order valence-electron chi connectivity index (χ4n) is 2.25. The highest BCUT2D eigenvalue weighted by Crippen LogP contribution is 2.18. The first kappa shape index (κ1) is 13.6. The van der Waals surface area contributed by atoms with E-state index >= 15 is 0 Å². The van der Waals surface area contributed by atoms with E-state index in [1.807, 2.05) is 12.1 Å². The van der Waals surface area contributed by atoms with Crippen LogP contribution in [0.5, 0.6) is 5.88 Å². The number of aromatic nitrogens is 1. The topological polar surface area (TPSA) is 46.2 Å². The molecule has 0 aromatic carbocycles. The van der Waals surface area contributed by atoms with E-state index in [0.717, 1.165) is 31.6 Å². The van der Waals surface area contributed by atoms with Gasteiger partial charge in [-0.05, 0) is 45.0 Å². The number of ether oxygens (including phenoxy) is 1. The molecule has 100 valence electrons. The molecule has 0 bridgehead atoms. The van der Waals surface area contributed by atoms with Crippen LogP contribution >= 0.6 is 11.6 Å². The number of nitrogens with one attached hydrogen (secondary N) is 2. The lowest BCUT2D eigenvalue weighted by atomic mass is 10.1. The highest BCUT2D eigenvalue weighted by molar-refractivity contribution is 6.29. The van der Waals surface area contributed by atoms with Gasteiger partial charge in [-0.15, -0.1) is 0 Å². The van der Waals surface area contributed by atoms with Gasteiger partial charge in [-0.1, -0.05) is 17.7 Å². The Morgan fingerprint density at radius 3 is 2.94 bits per heavy atom. The Hall–Kier alpha value is -0.840. The summed E-state index contributed by atoms with van der Waals surface area (Å²) in [6.45, 7) is 3.18. The zero-order chi connectivity index (χ0) is 12.8. The quantitative estimate of drug-likeness (QED) is 0.798. The average Bonchev–Trinajstić information content (AvgIpc) is 2.41. The van der Waals surface area contributed by atoms with Gasteiger partial charge in [0.05, 0.1) is 7.11 Å². The molecule has 0 spiro atoms. The minimum Gasteiger partial charge on any atom is -0.481 e. The summed E-state index contributed by atoms with van der Waals surface area (Å²) in [5, 5.41) is 7.42. The maximum Gasteiger partial charge on any atom is 0.217 e. The molecule has 1 fully saturated rings. The molecule has 0 saturated carbocycles. The van der Waals surface area contributed by atoms with Gasteiger partial charge in [0.1, 0.15) is 5.15 Å². The number of hydrogen-bond donors (Lipinski definition) is 2. The average molecular weight is 270 g/mol. The second-order valence-electron chi connectivity index (χ2n) is 4.53. The van der Waals surface area contributed by atoms with Gasteiger partial charge in [0.25, 0.3) is 0 Å². The van der Waals surface area contributed by atoms with Gasteiger partial charge in [0.15, 0.2) is 0 Å². The number of halogens is 1. The van der Waals surface area contributed by atoms with Crippen molar-refractivity contribution in [3.8, 4) is 5.88 Å². The van der Waals surface area contributed by atoms with Crippen molar-refractivity contribution in [2.75, 3.05) is 26.7 Å². The highest BCUT2D eigenvalue weighted by Gasteiger charge is 2.12. The van der Waals surface area contributed by atoms with E-state index in [4.69, 9.17) is 16.3 Å². The maximum atomic E-state index is 5.84. The van der Waals surface area contributed by atoms with E-state index in [9.17, 15) is 0 Å². The predicted molar refractivity (Wildman–Crippen MR) is 73.4 cm³/mol. The van der Waals surface area contributed by atoms with Gasteiger partial charge in [0, 0.05) is 11.6 Å². The van der Waals surface area contributed by atoms with E-state index < -0.39 is 0 Å². The van der Waals surface area contributed by atoms with E-state index in [0.29, 0.717) is 17.1 Å². The maximum absolute atomic E-state index is 5.84. The third-order valence-corrected chi connectivity index (χ3v) is 3.48. The second kappa shape index (κ2) is 6.92. The molecule has 1 saturated heterocycles. The molecule has 0 amide bonds. The molecule has 1 aromatic heterocycles. The van der Waals surface area contributed by atoms with E-state index in [1.54, 1.807) is 7.11 Å². The number of methoxy groups -OCH3 is 1. The number of hydrogen-bond acceptors (Lipinski definition) is 4. The second-order valence-corrected chi connectivity index (χ2v) is 4.92. The van der Waals surface area contributed by atoms with Crippen LogP contribution in [0, 0.1) is 0 Å². The van der Waals surface area contributed by atoms with Gasteiger partial charge in [-0.2, -0.15) is 0 Å². The molecular formula is C13H20ClN3O. The minimum absolute atomic E-state index is 0.474. The number of pyridine rings is 1. The molecule has 1 aromatic rings. The normalized spacial score (nSPS) is 16.8. The van der Waals surface area contributed by atoms with Crippen LogP contribution < -0.4 is 15.4 Å². The Morgan fingerprint density at radius 1 is 1.44 bits per heavy atom. The lowest BCUT2D eigenvalue weighted by molar-refractivity contribution is 0.380. The zero-order valence-corrected chi connectivity index (χ0v) is 11.5. The lowest BCUT2D eigenvalue weighted by Gasteiger charge is -2.23. The molecule has 4 nitrogen and oxygen atoms in total. The summed E-state index contributed by atoms with van der Waals surface area (Å²) < 4.78 is 5.24. The fraction of sp³-hybridized carbons (Fsp3) is 0.615. The minimum atomic E-state index is 0.474. The zero-order valence-electron chi connectivity index (χ0n) is 10.7. The first-order chi connectivity index (χ1) is 8.79. The third-order valence-electron chi connectivity index (χ3n) is 3.26. The molecule has 0 aliphatic carbocycles. The Labute approximate surface area is 113 Å². The molecular weight excluding hydrogens is 250 g/mol. The van der Waals surface area contributed by atoms with Crippen molar-refractivity contribution in [3.63, 3.8) is 0 Å². The summed E-state index contributed by atoms with van der Waals surface area (Å²) in [6.07, 6.45) is 3.32. The molecule has 1 aliphatic heterocycles. The highest BCUT2D eigenvalue weighted by atomic mass is 35.5. The fourth-order valence-corrected chi connectivity index (χ4v) is 2.39. The standard InChI is InChI=1S/C13H20ClN3O/c1-18-13-10(2-3-12(14)17-13)4-9-16-11-5-7-15-8-6-11/h2-3,11,15-16H,4-9H2,1H3. The van der Waals surface area contributed by atoms with Crippen molar-refractivity contribution < 1.29 is 4.74 Å². The SMILES string of the molecule is COc1nc(Cl)ccc1CCNC1CCNCC1. The molecule has 0 atom stereocenters. The smallest absolute Gasteiger partial charge is 0.217 e. The molecule has 2 heterocycles. The van der Waals surface area contributed by atoms with Gasteiger partial charge in [-0.25, -0.2) is 4.98 Å². The molecule has 2 N–H and O–H groups in total. The van der Waals surface area contributed by atoms with Crippen LogP contribution in [-0.4, -0.2) is 37.8 Å². The van der Waals surface area contributed by atoms with Crippen LogP contribution in [0.4, 0.5) is 0 Å². The Kier molecular flexibility index (Phi) is 5.23. The number of nitrogens with zero attached hydrogens (tertiary/aromatic N) is 1. The summed E-state index contributed by atoms with van der Waals surface area (Å²) >= 11 is 5.84. The number of rotatable bonds is 5. The monoisotopic (exact) mass is 269 g/mol. The van der Waals surface area contributed by atoms with Crippen molar-refractivity contribution in [2.24, 2.45) is 0 Å². The van der Waals surface area contributed by atoms with E-state index in [2.05, 4.69) is 15.6 Å². The van der Waals surface area contributed by atoms with E-state index in [-0.39, 0.29) is 0 Å². The van der Waals surface area contributed by atoms with Crippen molar-refractivity contribution >= 4 is 11.6 Å². The van der Waals surface area contributed by atoms with Gasteiger partial charge >= 0.3 is 0 Å². The largest absolute Gasteiger partial charge is 0.481 e. The van der Waals surface area contributed by atoms with Crippen LogP contribution in [0.25, 0.3) is 0 Å². The summed E-state index contributed by atoms with van der Waals surface area (Å²) in [4.78, 5) is 4.16. The molecule has 2 rings (SSSR count). The third kappa shape index (κ3) is 3.83. The Bertz CT molecular complexity index is 380. The summed E-state index contributed by atoms with van der Waals surface area (Å²) in [6, 6.07) is 4.43. The van der Waals surface area contributed by atoms with Gasteiger partial charge < -0.3 is 15.4 Å². The van der Waals surface area contributed by atoms with Crippen LogP contribution in [0.3, 0.4) is 0 Å². The molecule has 0 radical (unpaired) electrons. The Balaban J connectivity index is 1.82. The van der Waals surface area contributed by atoms with Crippen LogP contribution in [0.1, 0.15) is 18.4 Å². The van der Waals surface area contributed by atoms with Crippen molar-refractivity contribution in [2.45, 2.75) is 25.3 Å². The van der Waals surface area contributed by atoms with Crippen LogP contribution in [0.2, 0.25) is 5.15 Å². The number of piperidine rings is 1. The van der Waals surface area contributed by atoms with E-state index in [1.165, 1.54) is 12.8 Å². The van der Waals surface area contributed by atoms with Crippen LogP contribution in [0.15, 0.2) is 12.1 Å². The van der Waals surface area contributed by atoms with Gasteiger partial charge in [-0.3, -0.25) is 0 Å². The summed E-state index contributed by atoms with van der Waals surface area (Å²) in [5.74, 6) is 0.634. The lowest BCUT2D eigenvalue weighted by Crippen LogP contribution is -2.40.